The van der Waals surface area contributed by atoms with Crippen molar-refractivity contribution in [3.05, 3.63) is 48.8 Å². The van der Waals surface area contributed by atoms with Crippen molar-refractivity contribution in [2.75, 3.05) is 48.8 Å². The van der Waals surface area contributed by atoms with E-state index < -0.39 is 20.7 Å². The third-order valence-electron chi connectivity index (χ3n) is 6.36. The monoisotopic (exact) mass is 583 g/mol. The van der Waals surface area contributed by atoms with Crippen LogP contribution in [0.25, 0.3) is 0 Å². The van der Waals surface area contributed by atoms with E-state index >= 15 is 0 Å². The number of carbonyl (C=O) groups is 1. The summed E-state index contributed by atoms with van der Waals surface area (Å²) in [5.74, 6) is 1.02. The van der Waals surface area contributed by atoms with Gasteiger partial charge in [-0.2, -0.15) is 4.98 Å². The lowest BCUT2D eigenvalue weighted by atomic mass is 10.2. The lowest BCUT2D eigenvalue weighted by molar-refractivity contribution is 0.0240. The maximum atomic E-state index is 12.8. The molecule has 1 aliphatic rings. The Balaban J connectivity index is 1.46. The number of piperazine rings is 1. The summed E-state index contributed by atoms with van der Waals surface area (Å²) in [6, 6.07) is 12.4. The summed E-state index contributed by atoms with van der Waals surface area (Å²) in [7, 11) is -1.94. The second-order valence-electron chi connectivity index (χ2n) is 10.8. The second-order valence-corrected chi connectivity index (χ2v) is 13.3. The van der Waals surface area contributed by atoms with E-state index in [1.54, 1.807) is 50.1 Å². The topological polar surface area (TPSA) is 139 Å². The fourth-order valence-corrected chi connectivity index (χ4v) is 5.38. The van der Waals surface area contributed by atoms with Gasteiger partial charge in [0.15, 0.2) is 9.84 Å². The number of benzene rings is 2. The van der Waals surface area contributed by atoms with Crippen LogP contribution < -0.4 is 20.3 Å². The molecule has 13 heteroatoms. The van der Waals surface area contributed by atoms with E-state index in [4.69, 9.17) is 9.47 Å². The highest BCUT2D eigenvalue weighted by molar-refractivity contribution is 7.92. The van der Waals surface area contributed by atoms with Crippen molar-refractivity contribution in [2.24, 2.45) is 0 Å². The number of para-hydroxylation sites is 1. The molecule has 0 atom stereocenters. The van der Waals surface area contributed by atoms with Crippen LogP contribution >= 0.6 is 0 Å². The van der Waals surface area contributed by atoms with Crippen molar-refractivity contribution in [2.45, 2.75) is 50.4 Å². The largest absolute Gasteiger partial charge is 0.494 e. The van der Waals surface area contributed by atoms with E-state index in [2.05, 4.69) is 30.5 Å². The molecule has 2 N–H and O–H groups in total. The molecule has 1 saturated heterocycles. The number of aromatic nitrogens is 3. The van der Waals surface area contributed by atoms with Crippen molar-refractivity contribution >= 4 is 44.9 Å². The average Bonchev–Trinajstić information content (AvgIpc) is 2.93. The van der Waals surface area contributed by atoms with Crippen LogP contribution in [0.1, 0.15) is 34.6 Å². The van der Waals surface area contributed by atoms with Crippen molar-refractivity contribution in [1.82, 2.24) is 19.9 Å². The number of hydrogen-bond acceptors (Lipinski definition) is 11. The van der Waals surface area contributed by atoms with Crippen LogP contribution in [-0.4, -0.2) is 78.5 Å². The Morgan fingerprint density at radius 2 is 1.59 bits per heavy atom. The first-order valence-electron chi connectivity index (χ1n) is 13.3. The molecule has 1 aliphatic heterocycles. The van der Waals surface area contributed by atoms with Gasteiger partial charge in [-0.05, 0) is 58.9 Å². The highest BCUT2D eigenvalue weighted by Gasteiger charge is 2.26. The van der Waals surface area contributed by atoms with E-state index in [9.17, 15) is 13.2 Å². The summed E-state index contributed by atoms with van der Waals surface area (Å²) in [4.78, 5) is 29.3. The van der Waals surface area contributed by atoms with E-state index in [-0.39, 0.29) is 22.9 Å². The first kappa shape index (κ1) is 29.8. The molecular weight excluding hydrogens is 546 g/mol. The lowest BCUT2D eigenvalue weighted by Gasteiger charge is -2.37. The summed E-state index contributed by atoms with van der Waals surface area (Å²) in [6.45, 7) is 11.3. The predicted octanol–water partition coefficient (Wildman–Crippen LogP) is 4.61. The van der Waals surface area contributed by atoms with E-state index in [1.807, 2.05) is 39.0 Å². The van der Waals surface area contributed by atoms with Gasteiger partial charge >= 0.3 is 6.09 Å². The summed E-state index contributed by atoms with van der Waals surface area (Å²) < 4.78 is 36.8. The Hall–Kier alpha value is -4.13. The third kappa shape index (κ3) is 7.34. The molecule has 0 unspecified atom stereocenters. The Kier molecular flexibility index (Phi) is 8.86. The molecule has 0 aliphatic carbocycles. The summed E-state index contributed by atoms with van der Waals surface area (Å²) in [5, 5.41) is 5.58. The molecule has 1 aromatic heterocycles. The zero-order valence-electron chi connectivity index (χ0n) is 24.2. The Labute approximate surface area is 241 Å². The van der Waals surface area contributed by atoms with Gasteiger partial charge in [-0.3, -0.25) is 0 Å². The van der Waals surface area contributed by atoms with Crippen LogP contribution in [-0.2, 0) is 14.6 Å². The Morgan fingerprint density at radius 1 is 0.951 bits per heavy atom. The average molecular weight is 584 g/mol. The number of hydrogen-bond donors (Lipinski definition) is 2. The molecule has 0 spiro atoms. The SMILES string of the molecule is COc1cc(N2CCN(C(=O)OC(C)(C)C)CC2)ccc1Nc1ncnc(Nc2ccccc2S(=O)(=O)C(C)C)n1. The number of methoxy groups -OCH3 is 1. The molecule has 2 heterocycles. The minimum absolute atomic E-state index is 0.175. The molecule has 4 rings (SSSR count). The van der Waals surface area contributed by atoms with Crippen LogP contribution in [0.2, 0.25) is 0 Å². The number of anilines is 5. The molecule has 220 valence electrons. The van der Waals surface area contributed by atoms with E-state index in [1.165, 1.54) is 6.33 Å². The number of nitrogens with one attached hydrogen (secondary N) is 2. The number of nitrogens with zero attached hydrogens (tertiary/aromatic N) is 5. The summed E-state index contributed by atoms with van der Waals surface area (Å²) in [6.07, 6.45) is 1.04. The van der Waals surface area contributed by atoms with Gasteiger partial charge in [-0.15, -0.1) is 0 Å². The van der Waals surface area contributed by atoms with Crippen LogP contribution in [0.15, 0.2) is 53.7 Å². The normalized spacial score (nSPS) is 14.1. The minimum atomic E-state index is -3.52. The fraction of sp³-hybridized carbons (Fsp3) is 0.429. The molecule has 0 saturated carbocycles. The van der Waals surface area contributed by atoms with Gasteiger partial charge in [0.1, 0.15) is 17.7 Å². The van der Waals surface area contributed by atoms with Gasteiger partial charge in [-0.25, -0.2) is 23.2 Å². The Bertz CT molecular complexity index is 1480. The number of carbonyl (C=O) groups excluding carboxylic acids is 1. The molecule has 12 nitrogen and oxygen atoms in total. The number of amides is 1. The van der Waals surface area contributed by atoms with Gasteiger partial charge in [0.2, 0.25) is 11.9 Å². The molecule has 0 radical (unpaired) electrons. The van der Waals surface area contributed by atoms with E-state index in [0.29, 0.717) is 43.3 Å². The lowest BCUT2D eigenvalue weighted by Crippen LogP contribution is -2.50. The van der Waals surface area contributed by atoms with Crippen molar-refractivity contribution < 1.29 is 22.7 Å². The number of ether oxygens (including phenoxy) is 2. The van der Waals surface area contributed by atoms with Gasteiger partial charge in [0.25, 0.3) is 0 Å². The first-order valence-corrected chi connectivity index (χ1v) is 14.9. The molecule has 41 heavy (non-hydrogen) atoms. The van der Waals surface area contributed by atoms with Gasteiger partial charge < -0.3 is 29.9 Å². The van der Waals surface area contributed by atoms with Gasteiger partial charge in [0, 0.05) is 37.9 Å². The molecular formula is C28H37N7O5S. The molecule has 3 aromatic rings. The molecule has 0 bridgehead atoms. The zero-order chi connectivity index (χ0) is 29.8. The highest BCUT2D eigenvalue weighted by Crippen LogP contribution is 2.32. The zero-order valence-corrected chi connectivity index (χ0v) is 25.0. The van der Waals surface area contributed by atoms with Gasteiger partial charge in [0.05, 0.1) is 28.6 Å². The predicted molar refractivity (Wildman–Crippen MR) is 158 cm³/mol. The second kappa shape index (κ2) is 12.2. The van der Waals surface area contributed by atoms with Gasteiger partial charge in [-0.1, -0.05) is 12.1 Å². The minimum Gasteiger partial charge on any atom is -0.494 e. The smallest absolute Gasteiger partial charge is 0.410 e. The van der Waals surface area contributed by atoms with Crippen LogP contribution in [0.5, 0.6) is 5.75 Å². The van der Waals surface area contributed by atoms with Crippen LogP contribution in [0.3, 0.4) is 0 Å². The highest BCUT2D eigenvalue weighted by atomic mass is 32.2. The van der Waals surface area contributed by atoms with Crippen LogP contribution in [0, 0.1) is 0 Å². The maximum Gasteiger partial charge on any atom is 0.410 e. The van der Waals surface area contributed by atoms with Crippen molar-refractivity contribution in [1.29, 1.82) is 0 Å². The number of rotatable bonds is 8. The van der Waals surface area contributed by atoms with Crippen LogP contribution in [0.4, 0.5) is 33.8 Å². The molecule has 2 aromatic carbocycles. The number of sulfone groups is 1. The summed E-state index contributed by atoms with van der Waals surface area (Å²) in [5.41, 5.74) is 1.45. The maximum absolute atomic E-state index is 12.8. The van der Waals surface area contributed by atoms with E-state index in [0.717, 1.165) is 5.69 Å². The quantitative estimate of drug-likeness (QED) is 0.384. The first-order chi connectivity index (χ1) is 19.4. The van der Waals surface area contributed by atoms with Crippen molar-refractivity contribution in [3.8, 4) is 5.75 Å². The molecule has 1 fully saturated rings. The molecule has 1 amide bonds. The summed E-state index contributed by atoms with van der Waals surface area (Å²) >= 11 is 0. The standard InChI is InChI=1S/C28H37N7O5S/c1-19(2)41(37,38)24-10-8-7-9-22(24)32-26-30-18-29-25(33-26)31-21-12-11-20(17-23(21)39-6)34-13-15-35(16-14-34)27(36)40-28(3,4)5/h7-12,17-19H,13-16H2,1-6H3,(H2,29,30,31,32,33). The third-order valence-corrected chi connectivity index (χ3v) is 8.57. The van der Waals surface area contributed by atoms with Crippen molar-refractivity contribution in [3.63, 3.8) is 0 Å². The fourth-order valence-electron chi connectivity index (χ4n) is 4.18. The Morgan fingerprint density at radius 3 is 2.20 bits per heavy atom.